The lowest BCUT2D eigenvalue weighted by molar-refractivity contribution is 0.895. The van der Waals surface area contributed by atoms with Crippen LogP contribution >= 0.6 is 34.5 Å². The molecule has 0 amide bonds. The standard InChI is InChI=1S/C9H9Cl2N3S/c10-7-3-5(9(11)15-7)6-4-13-8(14-6)1-2-12/h3-4H,1-2,12H2,(H,13,14). The predicted octanol–water partition coefficient (Wildman–Crippen LogP) is 2.95. The molecule has 0 aliphatic carbocycles. The highest BCUT2D eigenvalue weighted by Gasteiger charge is 2.10. The van der Waals surface area contributed by atoms with Crippen molar-refractivity contribution in [3.05, 3.63) is 26.8 Å². The number of halogens is 2. The number of hydrogen-bond donors (Lipinski definition) is 2. The smallest absolute Gasteiger partial charge is 0.107 e. The van der Waals surface area contributed by atoms with E-state index < -0.39 is 0 Å². The molecule has 2 aromatic rings. The average molecular weight is 262 g/mol. The molecule has 0 saturated heterocycles. The third-order valence-corrected chi connectivity index (χ3v) is 3.44. The fraction of sp³-hybridized carbons (Fsp3) is 0.222. The highest BCUT2D eigenvalue weighted by molar-refractivity contribution is 7.20. The summed E-state index contributed by atoms with van der Waals surface area (Å²) in [5.74, 6) is 0.867. The van der Waals surface area contributed by atoms with Crippen LogP contribution in [-0.2, 0) is 6.42 Å². The van der Waals surface area contributed by atoms with Crippen LogP contribution in [0.2, 0.25) is 8.67 Å². The highest BCUT2D eigenvalue weighted by Crippen LogP contribution is 2.37. The van der Waals surface area contributed by atoms with Crippen LogP contribution in [-0.4, -0.2) is 16.5 Å². The van der Waals surface area contributed by atoms with Crippen LogP contribution in [0.1, 0.15) is 5.82 Å². The van der Waals surface area contributed by atoms with Crippen molar-refractivity contribution in [3.8, 4) is 11.3 Å². The molecule has 2 heterocycles. The molecule has 0 bridgehead atoms. The lowest BCUT2D eigenvalue weighted by atomic mass is 10.3. The maximum atomic E-state index is 6.03. The number of nitrogens with zero attached hydrogens (tertiary/aromatic N) is 1. The van der Waals surface area contributed by atoms with Crippen molar-refractivity contribution in [1.29, 1.82) is 0 Å². The van der Waals surface area contributed by atoms with Gasteiger partial charge in [-0.15, -0.1) is 11.3 Å². The Kier molecular flexibility index (Phi) is 3.31. The molecule has 0 radical (unpaired) electrons. The van der Waals surface area contributed by atoms with Crippen LogP contribution in [0.4, 0.5) is 0 Å². The monoisotopic (exact) mass is 261 g/mol. The number of imidazole rings is 1. The summed E-state index contributed by atoms with van der Waals surface area (Å²) in [7, 11) is 0. The number of nitrogens with two attached hydrogens (primary N) is 1. The summed E-state index contributed by atoms with van der Waals surface area (Å²) < 4.78 is 1.34. The first-order valence-electron chi connectivity index (χ1n) is 4.40. The Balaban J connectivity index is 2.32. The molecule has 0 unspecified atom stereocenters. The Hall–Kier alpha value is -0.550. The molecule has 6 heteroatoms. The van der Waals surface area contributed by atoms with E-state index in [1.165, 1.54) is 11.3 Å². The quantitative estimate of drug-likeness (QED) is 0.893. The molecule has 2 rings (SSSR count). The van der Waals surface area contributed by atoms with E-state index in [1.807, 2.05) is 6.07 Å². The molecule has 0 spiro atoms. The fourth-order valence-corrected chi connectivity index (χ4v) is 2.78. The van der Waals surface area contributed by atoms with E-state index >= 15 is 0 Å². The van der Waals surface area contributed by atoms with Crippen molar-refractivity contribution in [2.24, 2.45) is 5.73 Å². The number of aromatic amines is 1. The lowest BCUT2D eigenvalue weighted by Crippen LogP contribution is -2.03. The molecule has 3 nitrogen and oxygen atoms in total. The molecule has 15 heavy (non-hydrogen) atoms. The second-order valence-electron chi connectivity index (χ2n) is 3.02. The van der Waals surface area contributed by atoms with Gasteiger partial charge in [0, 0.05) is 12.0 Å². The Morgan fingerprint density at radius 3 is 2.87 bits per heavy atom. The Bertz CT molecular complexity index is 464. The van der Waals surface area contributed by atoms with Crippen molar-refractivity contribution in [2.45, 2.75) is 6.42 Å². The van der Waals surface area contributed by atoms with E-state index in [4.69, 9.17) is 28.9 Å². The van der Waals surface area contributed by atoms with E-state index in [9.17, 15) is 0 Å². The van der Waals surface area contributed by atoms with Crippen molar-refractivity contribution < 1.29 is 0 Å². The van der Waals surface area contributed by atoms with E-state index in [2.05, 4.69) is 9.97 Å². The number of H-pyrrole nitrogens is 1. The van der Waals surface area contributed by atoms with Gasteiger partial charge in [-0.2, -0.15) is 0 Å². The summed E-state index contributed by atoms with van der Waals surface area (Å²) in [6, 6.07) is 1.83. The van der Waals surface area contributed by atoms with E-state index in [0.717, 1.165) is 23.5 Å². The van der Waals surface area contributed by atoms with Gasteiger partial charge >= 0.3 is 0 Å². The zero-order chi connectivity index (χ0) is 10.8. The zero-order valence-electron chi connectivity index (χ0n) is 7.76. The highest BCUT2D eigenvalue weighted by atomic mass is 35.5. The van der Waals surface area contributed by atoms with Crippen molar-refractivity contribution in [2.75, 3.05) is 6.54 Å². The second kappa shape index (κ2) is 4.53. The van der Waals surface area contributed by atoms with E-state index in [1.54, 1.807) is 6.20 Å². The molecule has 0 aromatic carbocycles. The predicted molar refractivity (Wildman–Crippen MR) is 64.7 cm³/mol. The molecule has 80 valence electrons. The minimum absolute atomic E-state index is 0.574. The number of aromatic nitrogens is 2. The van der Waals surface area contributed by atoms with Gasteiger partial charge in [0.1, 0.15) is 10.2 Å². The molecule has 0 aliphatic heterocycles. The average Bonchev–Trinajstić information content (AvgIpc) is 2.73. The molecule has 3 N–H and O–H groups in total. The lowest BCUT2D eigenvalue weighted by Gasteiger charge is -1.93. The minimum atomic E-state index is 0.574. The van der Waals surface area contributed by atoms with Crippen molar-refractivity contribution in [3.63, 3.8) is 0 Å². The Morgan fingerprint density at radius 2 is 2.27 bits per heavy atom. The zero-order valence-corrected chi connectivity index (χ0v) is 10.1. The third-order valence-electron chi connectivity index (χ3n) is 1.96. The maximum Gasteiger partial charge on any atom is 0.107 e. The first kappa shape index (κ1) is 11.0. The topological polar surface area (TPSA) is 54.7 Å². The first-order valence-corrected chi connectivity index (χ1v) is 5.97. The van der Waals surface area contributed by atoms with Crippen LogP contribution in [0.5, 0.6) is 0 Å². The van der Waals surface area contributed by atoms with Gasteiger partial charge in [0.15, 0.2) is 0 Å². The molecule has 0 atom stereocenters. The van der Waals surface area contributed by atoms with Crippen LogP contribution in [0.3, 0.4) is 0 Å². The number of thiophene rings is 1. The third kappa shape index (κ3) is 2.34. The summed E-state index contributed by atoms with van der Waals surface area (Å²) in [4.78, 5) is 7.36. The van der Waals surface area contributed by atoms with E-state index in [-0.39, 0.29) is 0 Å². The largest absolute Gasteiger partial charge is 0.342 e. The minimum Gasteiger partial charge on any atom is -0.342 e. The molecule has 0 fully saturated rings. The number of hydrogen-bond acceptors (Lipinski definition) is 3. The molecule has 0 saturated carbocycles. The van der Waals surface area contributed by atoms with Crippen LogP contribution in [0, 0.1) is 0 Å². The van der Waals surface area contributed by atoms with E-state index in [0.29, 0.717) is 15.2 Å². The van der Waals surface area contributed by atoms with Gasteiger partial charge in [0.25, 0.3) is 0 Å². The fourth-order valence-electron chi connectivity index (χ4n) is 1.29. The molecule has 0 aliphatic rings. The second-order valence-corrected chi connectivity index (χ2v) is 5.31. The maximum absolute atomic E-state index is 6.03. The van der Waals surface area contributed by atoms with Gasteiger partial charge < -0.3 is 10.7 Å². The summed E-state index contributed by atoms with van der Waals surface area (Å²) >= 11 is 13.2. The van der Waals surface area contributed by atoms with Gasteiger partial charge in [-0.3, -0.25) is 0 Å². The van der Waals surface area contributed by atoms with Gasteiger partial charge in [-0.25, -0.2) is 4.98 Å². The summed E-state index contributed by atoms with van der Waals surface area (Å²) in [6.07, 6.45) is 2.48. The van der Waals surface area contributed by atoms with Crippen molar-refractivity contribution >= 4 is 34.5 Å². The van der Waals surface area contributed by atoms with Gasteiger partial charge in [0.2, 0.25) is 0 Å². The normalized spacial score (nSPS) is 10.9. The SMILES string of the molecule is NCCc1ncc(-c2cc(Cl)sc2Cl)[nH]1. The summed E-state index contributed by atoms with van der Waals surface area (Å²) in [5.41, 5.74) is 7.21. The molecular weight excluding hydrogens is 253 g/mol. The summed E-state index contributed by atoms with van der Waals surface area (Å²) in [5, 5.41) is 0. The Morgan fingerprint density at radius 1 is 1.47 bits per heavy atom. The molecule has 2 aromatic heterocycles. The number of rotatable bonds is 3. The van der Waals surface area contributed by atoms with Crippen molar-refractivity contribution in [1.82, 2.24) is 9.97 Å². The first-order chi connectivity index (χ1) is 7.20. The van der Waals surface area contributed by atoms with Gasteiger partial charge in [-0.05, 0) is 12.6 Å². The van der Waals surface area contributed by atoms with Crippen LogP contribution in [0.15, 0.2) is 12.3 Å². The Labute approximate surface area is 101 Å². The molecular formula is C9H9Cl2N3S. The van der Waals surface area contributed by atoms with Crippen LogP contribution < -0.4 is 5.73 Å². The van der Waals surface area contributed by atoms with Gasteiger partial charge in [-0.1, -0.05) is 23.2 Å². The number of nitrogens with one attached hydrogen (secondary N) is 1. The van der Waals surface area contributed by atoms with Gasteiger partial charge in [0.05, 0.1) is 16.2 Å². The summed E-state index contributed by atoms with van der Waals surface area (Å²) in [6.45, 7) is 0.574. The van der Waals surface area contributed by atoms with Crippen LogP contribution in [0.25, 0.3) is 11.3 Å².